The number of nitrogens with zero attached hydrogens (tertiary/aromatic N) is 5. The molecule has 0 atom stereocenters. The van der Waals surface area contributed by atoms with Gasteiger partial charge in [-0.05, 0) is 0 Å². The number of anilines is 1. The molecule has 1 aromatic rings. The van der Waals surface area contributed by atoms with Crippen LogP contribution in [0.2, 0.25) is 0 Å². The van der Waals surface area contributed by atoms with E-state index in [2.05, 4.69) is 20.4 Å². The summed E-state index contributed by atoms with van der Waals surface area (Å²) in [6.45, 7) is 0. The Kier molecular flexibility index (Phi) is 1.64. The van der Waals surface area contributed by atoms with Crippen molar-refractivity contribution in [3.63, 3.8) is 0 Å². The van der Waals surface area contributed by atoms with Crippen LogP contribution < -0.4 is 5.43 Å². The Balaban J connectivity index is 2.67. The van der Waals surface area contributed by atoms with Crippen molar-refractivity contribution < 1.29 is 5.03 Å². The third kappa shape index (κ3) is 1.58. The van der Waals surface area contributed by atoms with Gasteiger partial charge in [-0.1, -0.05) is 5.43 Å². The molecule has 1 aromatic heterocycles. The second kappa shape index (κ2) is 2.62. The lowest BCUT2D eigenvalue weighted by Crippen LogP contribution is -2.11. The Labute approximate surface area is 54.4 Å². The van der Waals surface area contributed by atoms with Crippen LogP contribution in [0.5, 0.6) is 0 Å². The summed E-state index contributed by atoms with van der Waals surface area (Å²) in [4.78, 5) is 9.73. The lowest BCUT2D eigenvalue weighted by molar-refractivity contribution is -0.446. The van der Waals surface area contributed by atoms with Crippen molar-refractivity contribution in [3.05, 3.63) is 16.4 Å². The van der Waals surface area contributed by atoms with Gasteiger partial charge in [0.15, 0.2) is 11.4 Å². The Morgan fingerprint density at radius 3 is 2.60 bits per heavy atom. The van der Waals surface area contributed by atoms with E-state index in [4.69, 9.17) is 0 Å². The van der Waals surface area contributed by atoms with Crippen molar-refractivity contribution >= 4 is 5.95 Å². The highest BCUT2D eigenvalue weighted by Gasteiger charge is 1.99. The summed E-state index contributed by atoms with van der Waals surface area (Å²) < 4.78 is 0. The first-order valence-corrected chi connectivity index (χ1v) is 2.20. The second-order valence-corrected chi connectivity index (χ2v) is 1.24. The molecule has 0 amide bonds. The number of hydrogen-bond donors (Lipinski definition) is 1. The molecule has 0 aliphatic carbocycles. The molecule has 8 nitrogen and oxygen atoms in total. The molecule has 0 fully saturated rings. The highest BCUT2D eigenvalue weighted by molar-refractivity contribution is 5.12. The van der Waals surface area contributed by atoms with E-state index in [1.165, 1.54) is 0 Å². The van der Waals surface area contributed by atoms with E-state index in [0.717, 1.165) is 6.33 Å². The van der Waals surface area contributed by atoms with Crippen LogP contribution in [0.4, 0.5) is 5.95 Å². The van der Waals surface area contributed by atoms with Gasteiger partial charge in [-0.15, -0.1) is 20.4 Å². The van der Waals surface area contributed by atoms with Gasteiger partial charge in [-0.2, -0.15) is 0 Å². The van der Waals surface area contributed by atoms with Crippen molar-refractivity contribution in [2.75, 3.05) is 5.43 Å². The van der Waals surface area contributed by atoms with E-state index in [1.54, 1.807) is 5.43 Å². The van der Waals surface area contributed by atoms with E-state index in [0.29, 0.717) is 0 Å². The number of nitro groups is 1. The molecule has 0 aliphatic heterocycles. The maximum atomic E-state index is 9.73. The van der Waals surface area contributed by atoms with Crippen LogP contribution in [-0.4, -0.2) is 25.4 Å². The van der Waals surface area contributed by atoms with Crippen molar-refractivity contribution in [2.45, 2.75) is 0 Å². The average molecular weight is 142 g/mol. The zero-order valence-corrected chi connectivity index (χ0v) is 4.63. The molecule has 0 unspecified atom stereocenters. The zero-order valence-electron chi connectivity index (χ0n) is 4.63. The van der Waals surface area contributed by atoms with Crippen LogP contribution in [0, 0.1) is 10.1 Å². The molecule has 52 valence electrons. The minimum atomic E-state index is -0.793. The summed E-state index contributed by atoms with van der Waals surface area (Å²) in [6, 6.07) is 0. The maximum Gasteiger partial charge on any atom is 0.322 e. The standard InChI is InChI=1S/C2H2N6O2/c9-8(10)7-2-5-3-1-4-6-2/h1H,(H,5,6,7). The van der Waals surface area contributed by atoms with Crippen LogP contribution in [0.25, 0.3) is 0 Å². The van der Waals surface area contributed by atoms with E-state index >= 15 is 0 Å². The van der Waals surface area contributed by atoms with Crippen molar-refractivity contribution in [2.24, 2.45) is 0 Å². The van der Waals surface area contributed by atoms with Crippen LogP contribution in [-0.2, 0) is 0 Å². The van der Waals surface area contributed by atoms with Gasteiger partial charge in [0.1, 0.15) is 0 Å². The molecule has 0 bridgehead atoms. The minimum Gasteiger partial charge on any atom is -0.234 e. The summed E-state index contributed by atoms with van der Waals surface area (Å²) in [7, 11) is 0. The molecule has 0 radical (unpaired) electrons. The van der Waals surface area contributed by atoms with Gasteiger partial charge >= 0.3 is 5.95 Å². The van der Waals surface area contributed by atoms with Crippen LogP contribution in [0.3, 0.4) is 0 Å². The van der Waals surface area contributed by atoms with Gasteiger partial charge in [-0.25, -0.2) is 10.1 Å². The lowest BCUT2D eigenvalue weighted by atomic mass is 11.1. The minimum absolute atomic E-state index is 0.229. The Morgan fingerprint density at radius 1 is 1.50 bits per heavy atom. The molecule has 0 aromatic carbocycles. The number of hydrazine groups is 1. The monoisotopic (exact) mass is 142 g/mol. The van der Waals surface area contributed by atoms with Crippen LogP contribution in [0.15, 0.2) is 6.33 Å². The average Bonchev–Trinajstić information content (AvgIpc) is 1.88. The fourth-order valence-corrected chi connectivity index (χ4v) is 0.330. The molecular weight excluding hydrogens is 140 g/mol. The summed E-state index contributed by atoms with van der Waals surface area (Å²) in [5.41, 5.74) is 1.68. The largest absolute Gasteiger partial charge is 0.322 e. The van der Waals surface area contributed by atoms with Gasteiger partial charge in [0, 0.05) is 0 Å². The Hall–Kier alpha value is -1.86. The third-order valence-corrected chi connectivity index (χ3v) is 0.599. The fraction of sp³-hybridized carbons (Fsp3) is 0. The summed E-state index contributed by atoms with van der Waals surface area (Å²) in [6.07, 6.45) is 1.07. The van der Waals surface area contributed by atoms with Gasteiger partial charge in [0.05, 0.1) is 0 Å². The molecule has 1 heterocycles. The number of aromatic nitrogens is 4. The van der Waals surface area contributed by atoms with E-state index in [-0.39, 0.29) is 5.95 Å². The molecule has 0 aliphatic rings. The molecular formula is C2H2N6O2. The van der Waals surface area contributed by atoms with Crippen molar-refractivity contribution in [1.29, 1.82) is 0 Å². The molecule has 8 heteroatoms. The van der Waals surface area contributed by atoms with Crippen LogP contribution in [0.1, 0.15) is 0 Å². The first-order valence-electron chi connectivity index (χ1n) is 2.20. The maximum absolute atomic E-state index is 9.73. The molecule has 1 rings (SSSR count). The van der Waals surface area contributed by atoms with E-state index < -0.39 is 5.03 Å². The second-order valence-electron chi connectivity index (χ2n) is 1.24. The predicted molar refractivity (Wildman–Crippen MR) is 28.2 cm³/mol. The predicted octanol–water partition coefficient (Wildman–Crippen LogP) is -1.13. The van der Waals surface area contributed by atoms with Gasteiger partial charge in [0.25, 0.3) is 0 Å². The number of nitrogens with one attached hydrogen (secondary N) is 1. The smallest absolute Gasteiger partial charge is 0.234 e. The molecule has 10 heavy (non-hydrogen) atoms. The highest BCUT2D eigenvalue weighted by atomic mass is 16.7. The molecule has 0 saturated heterocycles. The summed E-state index contributed by atoms with van der Waals surface area (Å²) >= 11 is 0. The number of hydrogen-bond acceptors (Lipinski definition) is 6. The molecule has 0 spiro atoms. The van der Waals surface area contributed by atoms with Gasteiger partial charge < -0.3 is 0 Å². The molecule has 1 N–H and O–H groups in total. The molecule has 0 saturated carbocycles. The van der Waals surface area contributed by atoms with Gasteiger partial charge in [0.2, 0.25) is 0 Å². The summed E-state index contributed by atoms with van der Waals surface area (Å²) in [5.74, 6) is -0.229. The zero-order chi connectivity index (χ0) is 7.40. The Bertz CT molecular complexity index is 222. The van der Waals surface area contributed by atoms with E-state index in [9.17, 15) is 10.1 Å². The first-order chi connectivity index (χ1) is 4.79. The van der Waals surface area contributed by atoms with Gasteiger partial charge in [-0.3, -0.25) is 0 Å². The van der Waals surface area contributed by atoms with Crippen molar-refractivity contribution in [1.82, 2.24) is 20.4 Å². The third-order valence-electron chi connectivity index (χ3n) is 0.599. The van der Waals surface area contributed by atoms with Crippen molar-refractivity contribution in [3.8, 4) is 0 Å². The first kappa shape index (κ1) is 6.26. The quantitative estimate of drug-likeness (QED) is 0.411. The van der Waals surface area contributed by atoms with E-state index in [1.807, 2.05) is 0 Å². The highest BCUT2D eigenvalue weighted by Crippen LogP contribution is 1.86. The lowest BCUT2D eigenvalue weighted by Gasteiger charge is -1.88. The normalized spacial score (nSPS) is 8.80. The topological polar surface area (TPSA) is 107 Å². The number of rotatable bonds is 2. The van der Waals surface area contributed by atoms with Crippen LogP contribution >= 0.6 is 0 Å². The fourth-order valence-electron chi connectivity index (χ4n) is 0.330. The SMILES string of the molecule is O=[N+]([O-])Nc1nncnn1. The Morgan fingerprint density at radius 2 is 2.10 bits per heavy atom. The summed E-state index contributed by atoms with van der Waals surface area (Å²) in [5, 5.41) is 21.9.